The fraction of sp³-hybridized carbons (Fsp3) is 0.167. The van der Waals surface area contributed by atoms with Crippen LogP contribution < -0.4 is 14.2 Å². The summed E-state index contributed by atoms with van der Waals surface area (Å²) in [5.41, 5.74) is 12.0. The number of carbonyl (C=O) groups is 6. The maximum absolute atomic E-state index is 12.8. The third-order valence-corrected chi connectivity index (χ3v) is 14.8. The topological polar surface area (TPSA) is 130 Å². The van der Waals surface area contributed by atoms with E-state index in [1.165, 1.54) is 16.7 Å². The molecule has 402 valence electrons. The number of ketones is 6. The lowest BCUT2D eigenvalue weighted by Crippen LogP contribution is -2.21. The first kappa shape index (κ1) is 54.7. The largest absolute Gasteiger partial charge is 0.489 e. The van der Waals surface area contributed by atoms with Crippen LogP contribution in [-0.4, -0.2) is 34.7 Å². The molecule has 9 nitrogen and oxygen atoms in total. The van der Waals surface area contributed by atoms with Crippen LogP contribution in [0.4, 0.5) is 0 Å². The van der Waals surface area contributed by atoms with Crippen molar-refractivity contribution in [2.24, 2.45) is 0 Å². The first-order chi connectivity index (χ1) is 39.1. The first-order valence-corrected chi connectivity index (χ1v) is 27.3. The summed E-state index contributed by atoms with van der Waals surface area (Å²) in [5.74, 6) is 3.16. The molecule has 0 heterocycles. The Morgan fingerprint density at radius 2 is 0.444 bits per heavy atom. The van der Waals surface area contributed by atoms with Gasteiger partial charge in [-0.05, 0) is 124 Å². The van der Waals surface area contributed by atoms with Gasteiger partial charge in [0.05, 0.1) is 0 Å². The molecular formula is C72H60O9. The molecule has 0 aromatic heterocycles. The zero-order valence-electron chi connectivity index (χ0n) is 46.1. The Balaban J connectivity index is 0.000000136. The summed E-state index contributed by atoms with van der Waals surface area (Å²) in [7, 11) is 0. The van der Waals surface area contributed by atoms with E-state index in [9.17, 15) is 28.8 Å². The van der Waals surface area contributed by atoms with Crippen molar-refractivity contribution in [3.05, 3.63) is 300 Å². The molecule has 0 saturated heterocycles. The normalized spacial score (nSPS) is 12.7. The smallest absolute Gasteiger partial charge is 0.194 e. The number of fused-ring (bicyclic) bond motifs is 6. The standard InChI is InChI=1S/3C24H20O3/c3*1-15(2)17-8-10-18(11-9-17)27-14-16-7-12-21-22(13-16)24(26)20-6-4-3-5-19(20)23(21)25/h3*3-13,15H,14H2,1-2H3. The number of rotatable bonds is 12. The second-order valence-corrected chi connectivity index (χ2v) is 21.3. The summed E-state index contributed by atoms with van der Waals surface area (Å²) < 4.78 is 17.6. The molecule has 0 amide bonds. The van der Waals surface area contributed by atoms with Crippen molar-refractivity contribution >= 4 is 34.7 Å². The molecule has 9 aromatic carbocycles. The predicted octanol–water partition coefficient (Wildman–Crippen LogP) is 15.5. The van der Waals surface area contributed by atoms with Crippen LogP contribution >= 0.6 is 0 Å². The van der Waals surface area contributed by atoms with Crippen molar-refractivity contribution in [3.63, 3.8) is 0 Å². The fourth-order valence-electron chi connectivity index (χ4n) is 10.1. The lowest BCUT2D eigenvalue weighted by Gasteiger charge is -2.18. The van der Waals surface area contributed by atoms with Crippen LogP contribution in [0.3, 0.4) is 0 Å². The van der Waals surface area contributed by atoms with Gasteiger partial charge in [0.25, 0.3) is 0 Å². The maximum atomic E-state index is 12.8. The fourth-order valence-corrected chi connectivity index (χ4v) is 10.1. The van der Waals surface area contributed by atoms with Crippen LogP contribution in [0.1, 0.15) is 188 Å². The summed E-state index contributed by atoms with van der Waals surface area (Å²) in [6.45, 7) is 13.9. The van der Waals surface area contributed by atoms with Gasteiger partial charge in [0.15, 0.2) is 34.7 Å². The molecule has 0 radical (unpaired) electrons. The highest BCUT2D eigenvalue weighted by atomic mass is 16.5. The van der Waals surface area contributed by atoms with Gasteiger partial charge in [0.2, 0.25) is 0 Å². The Kier molecular flexibility index (Phi) is 16.1. The van der Waals surface area contributed by atoms with E-state index in [4.69, 9.17) is 14.2 Å². The van der Waals surface area contributed by atoms with Crippen molar-refractivity contribution in [1.29, 1.82) is 0 Å². The zero-order valence-corrected chi connectivity index (χ0v) is 46.1. The molecule has 12 rings (SSSR count). The SMILES string of the molecule is CC(C)c1ccc(OCc2ccc3c(c2)C(=O)c2ccccc2C3=O)cc1.CC(C)c1ccc(OCc2ccc3c(c2)C(=O)c2ccccc2C3=O)cc1.CC(C)c1ccc(OCc2ccc3c(c2)C(=O)c2ccccc2C3=O)cc1. The van der Waals surface area contributed by atoms with E-state index < -0.39 is 0 Å². The summed E-state index contributed by atoms with van der Waals surface area (Å²) in [5, 5.41) is 0. The Morgan fingerprint density at radius 1 is 0.247 bits per heavy atom. The van der Waals surface area contributed by atoms with Gasteiger partial charge in [0.1, 0.15) is 37.1 Å². The summed E-state index contributed by atoms with van der Waals surface area (Å²) in [6.07, 6.45) is 0. The average Bonchev–Trinajstić information content (AvgIpc) is 3.52. The summed E-state index contributed by atoms with van der Waals surface area (Å²) >= 11 is 0. The molecule has 3 aliphatic carbocycles. The Hall–Kier alpha value is -9.60. The van der Waals surface area contributed by atoms with Crippen LogP contribution in [0, 0.1) is 0 Å². The van der Waals surface area contributed by atoms with Crippen molar-refractivity contribution in [2.75, 3.05) is 0 Å². The van der Waals surface area contributed by atoms with E-state index in [0.717, 1.165) is 33.9 Å². The second-order valence-electron chi connectivity index (χ2n) is 21.3. The van der Waals surface area contributed by atoms with Crippen LogP contribution in [0.5, 0.6) is 17.2 Å². The highest BCUT2D eigenvalue weighted by molar-refractivity contribution is 6.30. The van der Waals surface area contributed by atoms with Crippen molar-refractivity contribution in [1.82, 2.24) is 0 Å². The van der Waals surface area contributed by atoms with Gasteiger partial charge in [-0.1, -0.05) is 169 Å². The summed E-state index contributed by atoms with van der Waals surface area (Å²) in [6, 6.07) is 61.1. The number of ether oxygens (including phenoxy) is 3. The second kappa shape index (κ2) is 23.8. The van der Waals surface area contributed by atoms with Gasteiger partial charge in [-0.25, -0.2) is 0 Å². The molecule has 0 spiro atoms. The predicted molar refractivity (Wildman–Crippen MR) is 314 cm³/mol. The van der Waals surface area contributed by atoms with Crippen LogP contribution in [-0.2, 0) is 19.8 Å². The van der Waals surface area contributed by atoms with Gasteiger partial charge in [-0.2, -0.15) is 0 Å². The molecule has 0 unspecified atom stereocenters. The van der Waals surface area contributed by atoms with Crippen LogP contribution in [0.15, 0.2) is 200 Å². The number of hydrogen-bond acceptors (Lipinski definition) is 9. The maximum Gasteiger partial charge on any atom is 0.194 e. The minimum absolute atomic E-state index is 0.100. The van der Waals surface area contributed by atoms with E-state index >= 15 is 0 Å². The van der Waals surface area contributed by atoms with E-state index in [-0.39, 0.29) is 34.7 Å². The van der Waals surface area contributed by atoms with Gasteiger partial charge in [-0.3, -0.25) is 28.8 Å². The number of hydrogen-bond donors (Lipinski definition) is 0. The lowest BCUT2D eigenvalue weighted by molar-refractivity contribution is 0.0979. The molecule has 0 aliphatic heterocycles. The van der Waals surface area contributed by atoms with Crippen molar-refractivity contribution < 1.29 is 43.0 Å². The van der Waals surface area contributed by atoms with Gasteiger partial charge < -0.3 is 14.2 Å². The van der Waals surface area contributed by atoms with Crippen LogP contribution in [0.2, 0.25) is 0 Å². The summed E-state index contributed by atoms with van der Waals surface area (Å²) in [4.78, 5) is 76.3. The molecule has 0 N–H and O–H groups in total. The van der Waals surface area contributed by atoms with Crippen LogP contribution in [0.25, 0.3) is 0 Å². The van der Waals surface area contributed by atoms with E-state index in [0.29, 0.717) is 104 Å². The molecule has 81 heavy (non-hydrogen) atoms. The molecular weight excluding hydrogens is 1010 g/mol. The average molecular weight is 1070 g/mol. The molecule has 0 bridgehead atoms. The Morgan fingerprint density at radius 3 is 0.654 bits per heavy atom. The number of carbonyl (C=O) groups excluding carboxylic acids is 6. The highest BCUT2D eigenvalue weighted by Gasteiger charge is 2.32. The van der Waals surface area contributed by atoms with E-state index in [1.807, 2.05) is 54.6 Å². The molecule has 9 heteroatoms. The lowest BCUT2D eigenvalue weighted by atomic mass is 9.83. The van der Waals surface area contributed by atoms with Crippen molar-refractivity contribution in [3.8, 4) is 17.2 Å². The van der Waals surface area contributed by atoms with Gasteiger partial charge in [-0.15, -0.1) is 0 Å². The minimum Gasteiger partial charge on any atom is -0.489 e. The van der Waals surface area contributed by atoms with E-state index in [2.05, 4.69) is 77.9 Å². The minimum atomic E-state index is -0.108. The Labute approximate surface area is 472 Å². The van der Waals surface area contributed by atoms with Gasteiger partial charge >= 0.3 is 0 Å². The molecule has 0 atom stereocenters. The Bertz CT molecular complexity index is 3490. The number of benzene rings is 9. The monoisotopic (exact) mass is 1070 g/mol. The van der Waals surface area contributed by atoms with Crippen molar-refractivity contribution in [2.45, 2.75) is 79.1 Å². The third kappa shape index (κ3) is 11.8. The molecule has 9 aromatic rings. The first-order valence-electron chi connectivity index (χ1n) is 27.3. The van der Waals surface area contributed by atoms with E-state index in [1.54, 1.807) is 109 Å². The van der Waals surface area contributed by atoms with Gasteiger partial charge in [0, 0.05) is 66.8 Å². The zero-order chi connectivity index (χ0) is 56.9. The third-order valence-electron chi connectivity index (χ3n) is 14.8. The molecule has 0 saturated carbocycles. The highest BCUT2D eigenvalue weighted by Crippen LogP contribution is 2.32. The quantitative estimate of drug-likeness (QED) is 0.117. The molecule has 3 aliphatic rings. The molecule has 0 fully saturated rings.